The van der Waals surface area contributed by atoms with E-state index in [1.165, 1.54) is 4.31 Å². The number of rotatable bonds is 5. The third-order valence-electron chi connectivity index (χ3n) is 5.49. The molecule has 7 nitrogen and oxygen atoms in total. The molecule has 1 aliphatic heterocycles. The number of piperidine rings is 1. The number of carbonyl (C=O) groups excluding carboxylic acids is 1. The number of carbonyl (C=O) groups is 2. The van der Waals surface area contributed by atoms with E-state index in [2.05, 4.69) is 5.32 Å². The Kier molecular flexibility index (Phi) is 7.25. The van der Waals surface area contributed by atoms with Crippen LogP contribution in [-0.2, 0) is 19.6 Å². The summed E-state index contributed by atoms with van der Waals surface area (Å²) in [5, 5.41) is 12.4. The molecule has 2 atom stereocenters. The number of nitrogens with zero attached hydrogens (tertiary/aromatic N) is 1. The lowest BCUT2D eigenvalue weighted by atomic mass is 9.86. The zero-order valence-corrected chi connectivity index (χ0v) is 15.8. The van der Waals surface area contributed by atoms with Crippen LogP contribution in [0.3, 0.4) is 0 Å². The second-order valence-corrected chi connectivity index (χ2v) is 9.38. The van der Waals surface area contributed by atoms with Crippen molar-refractivity contribution in [1.29, 1.82) is 0 Å². The van der Waals surface area contributed by atoms with Crippen LogP contribution in [0.4, 0.5) is 0 Å². The minimum Gasteiger partial charge on any atom is -0.481 e. The first-order chi connectivity index (χ1) is 11.8. The van der Waals surface area contributed by atoms with E-state index in [1.807, 2.05) is 0 Å². The van der Waals surface area contributed by atoms with Crippen LogP contribution in [0.5, 0.6) is 0 Å². The molecular weight excluding hydrogens is 344 g/mol. The van der Waals surface area contributed by atoms with E-state index >= 15 is 0 Å². The van der Waals surface area contributed by atoms with Gasteiger partial charge in [-0.3, -0.25) is 9.59 Å². The van der Waals surface area contributed by atoms with Gasteiger partial charge in [-0.05, 0) is 32.6 Å². The quantitative estimate of drug-likeness (QED) is 0.760. The van der Waals surface area contributed by atoms with Crippen molar-refractivity contribution < 1.29 is 23.1 Å². The van der Waals surface area contributed by atoms with Crippen molar-refractivity contribution in [2.75, 3.05) is 18.8 Å². The molecule has 0 radical (unpaired) electrons. The zero-order chi connectivity index (χ0) is 18.4. The van der Waals surface area contributed by atoms with E-state index in [9.17, 15) is 23.1 Å². The Morgan fingerprint density at radius 2 is 1.64 bits per heavy atom. The Morgan fingerprint density at radius 1 is 1.04 bits per heavy atom. The molecule has 0 aromatic rings. The van der Waals surface area contributed by atoms with Gasteiger partial charge in [-0.25, -0.2) is 12.7 Å². The molecule has 1 aliphatic carbocycles. The summed E-state index contributed by atoms with van der Waals surface area (Å²) < 4.78 is 25.2. The minimum atomic E-state index is -3.20. The Hall–Kier alpha value is -1.15. The van der Waals surface area contributed by atoms with Gasteiger partial charge in [-0.15, -0.1) is 0 Å². The van der Waals surface area contributed by atoms with Gasteiger partial charge >= 0.3 is 5.97 Å². The van der Waals surface area contributed by atoms with Crippen molar-refractivity contribution in [3.05, 3.63) is 0 Å². The highest BCUT2D eigenvalue weighted by Crippen LogP contribution is 2.25. The molecule has 1 saturated carbocycles. The van der Waals surface area contributed by atoms with Crippen LogP contribution in [-0.4, -0.2) is 54.6 Å². The van der Waals surface area contributed by atoms with E-state index in [-0.39, 0.29) is 23.6 Å². The van der Waals surface area contributed by atoms with Crippen molar-refractivity contribution in [1.82, 2.24) is 9.62 Å². The van der Waals surface area contributed by atoms with Gasteiger partial charge in [0.25, 0.3) is 0 Å². The predicted octanol–water partition coefficient (Wildman–Crippen LogP) is 1.59. The second-order valence-electron chi connectivity index (χ2n) is 7.13. The second kappa shape index (κ2) is 8.98. The Labute approximate surface area is 150 Å². The third-order valence-corrected chi connectivity index (χ3v) is 7.38. The molecule has 0 bridgehead atoms. The maximum atomic E-state index is 12.6. The molecule has 2 unspecified atom stereocenters. The fourth-order valence-corrected chi connectivity index (χ4v) is 4.96. The van der Waals surface area contributed by atoms with Crippen molar-refractivity contribution in [2.24, 2.45) is 11.8 Å². The Balaban J connectivity index is 1.93. The lowest BCUT2D eigenvalue weighted by Crippen LogP contribution is -2.49. The molecule has 0 aromatic carbocycles. The van der Waals surface area contributed by atoms with Crippen LogP contribution in [0.25, 0.3) is 0 Å². The number of sulfonamides is 1. The summed E-state index contributed by atoms with van der Waals surface area (Å²) in [4.78, 5) is 24.1. The minimum absolute atomic E-state index is 0.0756. The van der Waals surface area contributed by atoms with E-state index < -0.39 is 21.9 Å². The summed E-state index contributed by atoms with van der Waals surface area (Å²) >= 11 is 0. The molecule has 0 aromatic heterocycles. The number of nitrogens with one attached hydrogen (secondary N) is 1. The Morgan fingerprint density at radius 3 is 2.20 bits per heavy atom. The zero-order valence-electron chi connectivity index (χ0n) is 14.9. The van der Waals surface area contributed by atoms with Gasteiger partial charge in [0, 0.05) is 25.0 Å². The molecular formula is C17H30N2O5S. The van der Waals surface area contributed by atoms with Gasteiger partial charge in [-0.1, -0.05) is 25.7 Å². The number of amides is 1. The molecule has 0 spiro atoms. The highest BCUT2D eigenvalue weighted by Gasteiger charge is 2.34. The van der Waals surface area contributed by atoms with E-state index in [0.29, 0.717) is 38.8 Å². The first-order valence-corrected chi connectivity index (χ1v) is 11.0. The summed E-state index contributed by atoms with van der Waals surface area (Å²) in [5.41, 5.74) is 0. The van der Waals surface area contributed by atoms with Crippen LogP contribution >= 0.6 is 0 Å². The average Bonchev–Trinajstić information content (AvgIpc) is 2.57. The third kappa shape index (κ3) is 5.41. The lowest BCUT2D eigenvalue weighted by Gasteiger charge is -2.33. The maximum absolute atomic E-state index is 12.6. The fourth-order valence-electron chi connectivity index (χ4n) is 3.83. The van der Waals surface area contributed by atoms with E-state index in [0.717, 1.165) is 25.7 Å². The number of hydrogen-bond donors (Lipinski definition) is 2. The number of aliphatic carboxylic acids is 1. The fraction of sp³-hybridized carbons (Fsp3) is 0.882. The summed E-state index contributed by atoms with van der Waals surface area (Å²) in [6, 6.07) is -0.317. The summed E-state index contributed by atoms with van der Waals surface area (Å²) in [5.74, 6) is -1.64. The first kappa shape index (κ1) is 20.2. The molecule has 2 fully saturated rings. The van der Waals surface area contributed by atoms with Gasteiger partial charge in [-0.2, -0.15) is 0 Å². The number of carboxylic acids is 1. The molecule has 25 heavy (non-hydrogen) atoms. The largest absolute Gasteiger partial charge is 0.481 e. The van der Waals surface area contributed by atoms with Crippen molar-refractivity contribution in [2.45, 2.75) is 64.3 Å². The van der Waals surface area contributed by atoms with Crippen LogP contribution in [0.2, 0.25) is 0 Å². The van der Waals surface area contributed by atoms with Crippen molar-refractivity contribution in [3.8, 4) is 0 Å². The van der Waals surface area contributed by atoms with Gasteiger partial charge in [0.05, 0.1) is 11.7 Å². The molecule has 1 heterocycles. The summed E-state index contributed by atoms with van der Waals surface area (Å²) in [6.07, 6.45) is 6.24. The van der Waals surface area contributed by atoms with Gasteiger partial charge in [0.1, 0.15) is 0 Å². The van der Waals surface area contributed by atoms with Gasteiger partial charge < -0.3 is 10.4 Å². The van der Waals surface area contributed by atoms with E-state index in [1.54, 1.807) is 6.92 Å². The van der Waals surface area contributed by atoms with Crippen molar-refractivity contribution in [3.63, 3.8) is 0 Å². The first-order valence-electron chi connectivity index (χ1n) is 9.36. The van der Waals surface area contributed by atoms with Crippen molar-refractivity contribution >= 4 is 21.9 Å². The number of hydrogen-bond acceptors (Lipinski definition) is 4. The number of carboxylic acid groups (broad SMARTS) is 1. The highest BCUT2D eigenvalue weighted by molar-refractivity contribution is 7.89. The van der Waals surface area contributed by atoms with E-state index in [4.69, 9.17) is 0 Å². The molecule has 144 valence electrons. The monoisotopic (exact) mass is 374 g/mol. The SMILES string of the molecule is CCS(=O)(=O)N1CCC(C(=O)NC2CCCCCCC2C(=O)O)CC1. The van der Waals surface area contributed by atoms with Crippen LogP contribution < -0.4 is 5.32 Å². The maximum Gasteiger partial charge on any atom is 0.308 e. The molecule has 8 heteroatoms. The predicted molar refractivity (Wildman–Crippen MR) is 94.5 cm³/mol. The lowest BCUT2D eigenvalue weighted by molar-refractivity contribution is -0.143. The normalized spacial score (nSPS) is 27.2. The van der Waals surface area contributed by atoms with Crippen LogP contribution in [0.1, 0.15) is 58.3 Å². The van der Waals surface area contributed by atoms with Crippen LogP contribution in [0.15, 0.2) is 0 Å². The Bertz CT molecular complexity index is 570. The van der Waals surface area contributed by atoms with Gasteiger partial charge in [0.15, 0.2) is 0 Å². The molecule has 1 saturated heterocycles. The average molecular weight is 375 g/mol. The molecule has 2 rings (SSSR count). The van der Waals surface area contributed by atoms with Gasteiger partial charge in [0.2, 0.25) is 15.9 Å². The summed E-state index contributed by atoms with van der Waals surface area (Å²) in [7, 11) is -3.20. The molecule has 2 aliphatic rings. The van der Waals surface area contributed by atoms with Crippen LogP contribution in [0, 0.1) is 11.8 Å². The standard InChI is InChI=1S/C17H30N2O5S/c1-2-25(23,24)19-11-9-13(10-12-19)16(20)18-15-8-6-4-3-5-7-14(15)17(21)22/h13-15H,2-12H2,1H3,(H,18,20)(H,21,22). The molecule has 2 N–H and O–H groups in total. The smallest absolute Gasteiger partial charge is 0.308 e. The summed E-state index contributed by atoms with van der Waals surface area (Å²) in [6.45, 7) is 2.34. The molecule has 1 amide bonds. The highest BCUT2D eigenvalue weighted by atomic mass is 32.2. The topological polar surface area (TPSA) is 104 Å².